The van der Waals surface area contributed by atoms with Crippen molar-refractivity contribution in [2.24, 2.45) is 0 Å². The summed E-state index contributed by atoms with van der Waals surface area (Å²) in [5, 5.41) is 1.27. The van der Waals surface area contributed by atoms with Crippen molar-refractivity contribution in [1.29, 1.82) is 0 Å². The van der Waals surface area contributed by atoms with Crippen LogP contribution in [0, 0.1) is 0 Å². The van der Waals surface area contributed by atoms with Crippen LogP contribution < -0.4 is 0 Å². The molecule has 0 aliphatic carbocycles. The lowest BCUT2D eigenvalue weighted by molar-refractivity contribution is 0.252. The Bertz CT molecular complexity index is 572. The number of rotatable bonds is 2. The molecule has 0 unspecified atom stereocenters. The van der Waals surface area contributed by atoms with Crippen molar-refractivity contribution in [3.63, 3.8) is 0 Å². The van der Waals surface area contributed by atoms with Crippen LogP contribution >= 0.6 is 23.4 Å². The van der Waals surface area contributed by atoms with Gasteiger partial charge in [-0.1, -0.05) is 50.2 Å². The van der Waals surface area contributed by atoms with Gasteiger partial charge in [-0.2, -0.15) is 8.78 Å². The summed E-state index contributed by atoms with van der Waals surface area (Å²) in [7, 11) is 0. The van der Waals surface area contributed by atoms with E-state index in [1.807, 2.05) is 12.1 Å². The van der Waals surface area contributed by atoms with Crippen LogP contribution in [0.3, 0.4) is 0 Å². The maximum Gasteiger partial charge on any atom is 0.289 e. The van der Waals surface area contributed by atoms with E-state index in [0.717, 1.165) is 11.1 Å². The fourth-order valence-electron chi connectivity index (χ4n) is 1.76. The van der Waals surface area contributed by atoms with E-state index in [2.05, 4.69) is 25.8 Å². The molecule has 2 rings (SSSR count). The highest BCUT2D eigenvalue weighted by Gasteiger charge is 2.19. The van der Waals surface area contributed by atoms with Crippen LogP contribution in [0.5, 0.6) is 0 Å². The molecule has 98 valence electrons. The number of aromatic nitrogens is 1. The Morgan fingerprint density at radius 3 is 2.50 bits per heavy atom. The number of alkyl halides is 2. The topological polar surface area (TPSA) is 15.8 Å². The summed E-state index contributed by atoms with van der Waals surface area (Å²) in [6.07, 6.45) is 0. The molecule has 0 bridgehead atoms. The van der Waals surface area contributed by atoms with Crippen LogP contribution in [0.1, 0.15) is 26.5 Å². The van der Waals surface area contributed by atoms with Crippen LogP contribution in [0.15, 0.2) is 23.1 Å². The van der Waals surface area contributed by atoms with Crippen molar-refractivity contribution in [3.8, 4) is 0 Å². The first-order valence-electron chi connectivity index (χ1n) is 5.55. The number of halogens is 3. The Morgan fingerprint density at radius 1 is 1.28 bits per heavy atom. The zero-order chi connectivity index (χ0) is 13.5. The van der Waals surface area contributed by atoms with E-state index in [1.165, 1.54) is 0 Å². The summed E-state index contributed by atoms with van der Waals surface area (Å²) >= 11 is 6.48. The van der Waals surface area contributed by atoms with E-state index in [-0.39, 0.29) is 5.41 Å². The van der Waals surface area contributed by atoms with Gasteiger partial charge in [0.2, 0.25) is 0 Å². The lowest BCUT2D eigenvalue weighted by atomic mass is 9.92. The number of hydrogen-bond acceptors (Lipinski definition) is 1. The standard InChI is InChI=1S/C13H14ClF2NS/c1-13(2,3)9-6-7-4-5-8(14)11(10(7)17-9)18-12(15)16/h4-6,12,17H,1-3H3. The Balaban J connectivity index is 2.61. The third-order valence-corrected chi connectivity index (χ3v) is 3.98. The molecular formula is C13H14ClF2NS. The molecule has 18 heavy (non-hydrogen) atoms. The van der Waals surface area contributed by atoms with Crippen molar-refractivity contribution in [1.82, 2.24) is 4.98 Å². The highest BCUT2D eigenvalue weighted by molar-refractivity contribution is 7.99. The first kappa shape index (κ1) is 13.7. The Labute approximate surface area is 114 Å². The maximum atomic E-state index is 12.6. The molecule has 1 nitrogen and oxygen atoms in total. The third-order valence-electron chi connectivity index (χ3n) is 2.72. The van der Waals surface area contributed by atoms with Crippen molar-refractivity contribution in [2.45, 2.75) is 36.8 Å². The molecule has 0 saturated carbocycles. The average Bonchev–Trinajstić information content (AvgIpc) is 2.65. The number of benzene rings is 1. The average molecular weight is 290 g/mol. The van der Waals surface area contributed by atoms with E-state index < -0.39 is 5.76 Å². The second-order valence-electron chi connectivity index (χ2n) is 5.15. The number of aromatic amines is 1. The van der Waals surface area contributed by atoms with Crippen LogP contribution in [0.2, 0.25) is 5.02 Å². The minimum Gasteiger partial charge on any atom is -0.357 e. The lowest BCUT2D eigenvalue weighted by Gasteiger charge is -2.15. The van der Waals surface area contributed by atoms with Crippen LogP contribution in [-0.2, 0) is 5.41 Å². The predicted molar refractivity (Wildman–Crippen MR) is 73.9 cm³/mol. The second kappa shape index (κ2) is 4.74. The number of thioether (sulfide) groups is 1. The van der Waals surface area contributed by atoms with E-state index in [4.69, 9.17) is 11.6 Å². The summed E-state index contributed by atoms with van der Waals surface area (Å²) < 4.78 is 25.1. The van der Waals surface area contributed by atoms with Gasteiger partial charge in [0, 0.05) is 16.5 Å². The zero-order valence-corrected chi connectivity index (χ0v) is 11.9. The molecule has 1 heterocycles. The molecule has 1 aromatic carbocycles. The van der Waals surface area contributed by atoms with Gasteiger partial charge in [-0.3, -0.25) is 0 Å². The van der Waals surface area contributed by atoms with Gasteiger partial charge in [-0.25, -0.2) is 0 Å². The number of fused-ring (bicyclic) bond motifs is 1. The molecule has 0 saturated heterocycles. The Morgan fingerprint density at radius 2 is 1.94 bits per heavy atom. The molecule has 0 aliphatic rings. The van der Waals surface area contributed by atoms with Gasteiger partial charge in [0.05, 0.1) is 15.4 Å². The van der Waals surface area contributed by atoms with Crippen molar-refractivity contribution in [2.75, 3.05) is 0 Å². The molecule has 2 aromatic rings. The molecule has 0 atom stereocenters. The van der Waals surface area contributed by atoms with Gasteiger partial charge in [-0.05, 0) is 12.1 Å². The van der Waals surface area contributed by atoms with Crippen LogP contribution in [-0.4, -0.2) is 10.7 Å². The first-order chi connectivity index (χ1) is 8.29. The Hall–Kier alpha value is -0.740. The van der Waals surface area contributed by atoms with Gasteiger partial charge in [0.25, 0.3) is 5.76 Å². The lowest BCUT2D eigenvalue weighted by Crippen LogP contribution is -2.11. The van der Waals surface area contributed by atoms with Crippen molar-refractivity contribution in [3.05, 3.63) is 28.9 Å². The highest BCUT2D eigenvalue weighted by Crippen LogP contribution is 2.38. The molecule has 1 N–H and O–H groups in total. The van der Waals surface area contributed by atoms with Gasteiger partial charge < -0.3 is 4.98 Å². The van der Waals surface area contributed by atoms with Crippen LogP contribution in [0.25, 0.3) is 10.9 Å². The first-order valence-corrected chi connectivity index (χ1v) is 6.81. The van der Waals surface area contributed by atoms with Crippen molar-refractivity contribution >= 4 is 34.3 Å². The Kier molecular flexibility index (Phi) is 3.60. The van der Waals surface area contributed by atoms with Gasteiger partial charge >= 0.3 is 0 Å². The van der Waals surface area contributed by atoms with Crippen molar-refractivity contribution < 1.29 is 8.78 Å². The van der Waals surface area contributed by atoms with E-state index in [1.54, 1.807) is 6.07 Å². The molecule has 0 amide bonds. The second-order valence-corrected chi connectivity index (χ2v) is 6.56. The molecule has 0 radical (unpaired) electrons. The minimum atomic E-state index is -2.48. The summed E-state index contributed by atoms with van der Waals surface area (Å²) in [5.74, 6) is -2.48. The van der Waals surface area contributed by atoms with Gasteiger partial charge in [0.1, 0.15) is 0 Å². The smallest absolute Gasteiger partial charge is 0.289 e. The van der Waals surface area contributed by atoms with E-state index in [0.29, 0.717) is 27.2 Å². The molecule has 0 aliphatic heterocycles. The molecule has 5 heteroatoms. The van der Waals surface area contributed by atoms with E-state index in [9.17, 15) is 8.78 Å². The fraction of sp³-hybridized carbons (Fsp3) is 0.385. The fourth-order valence-corrected chi connectivity index (χ4v) is 2.69. The van der Waals surface area contributed by atoms with Crippen LogP contribution in [0.4, 0.5) is 8.78 Å². The summed E-state index contributed by atoms with van der Waals surface area (Å²) in [5.41, 5.74) is 1.65. The predicted octanol–water partition coefficient (Wildman–Crippen LogP) is 5.43. The zero-order valence-electron chi connectivity index (χ0n) is 10.4. The largest absolute Gasteiger partial charge is 0.357 e. The quantitative estimate of drug-likeness (QED) is 0.729. The molecule has 0 spiro atoms. The SMILES string of the molecule is CC(C)(C)c1cc2ccc(Cl)c(SC(F)F)c2[nH]1. The minimum absolute atomic E-state index is 0.0573. The van der Waals surface area contributed by atoms with Gasteiger partial charge in [0.15, 0.2) is 0 Å². The summed E-state index contributed by atoms with van der Waals surface area (Å²) in [4.78, 5) is 3.63. The monoisotopic (exact) mass is 289 g/mol. The highest BCUT2D eigenvalue weighted by atomic mass is 35.5. The third kappa shape index (κ3) is 2.64. The summed E-state index contributed by atoms with van der Waals surface area (Å²) in [6.45, 7) is 6.21. The number of nitrogens with one attached hydrogen (secondary N) is 1. The van der Waals surface area contributed by atoms with Gasteiger partial charge in [-0.15, -0.1) is 0 Å². The normalized spacial score (nSPS) is 12.6. The molecular weight excluding hydrogens is 276 g/mol. The summed E-state index contributed by atoms with van der Waals surface area (Å²) in [6, 6.07) is 5.50. The molecule has 0 fully saturated rings. The van der Waals surface area contributed by atoms with E-state index >= 15 is 0 Å². The number of hydrogen-bond donors (Lipinski definition) is 1. The number of H-pyrrole nitrogens is 1. The molecule has 1 aromatic heterocycles. The maximum absolute atomic E-state index is 12.6.